The van der Waals surface area contributed by atoms with Crippen LogP contribution in [0.15, 0.2) is 18.2 Å². The molecule has 0 radical (unpaired) electrons. The van der Waals surface area contributed by atoms with Gasteiger partial charge >= 0.3 is 0 Å². The van der Waals surface area contributed by atoms with Crippen molar-refractivity contribution in [1.82, 2.24) is 10.6 Å². The molecule has 0 aliphatic carbocycles. The molecule has 4 N–H and O–H groups in total. The second-order valence-electron chi connectivity index (χ2n) is 4.54. The van der Waals surface area contributed by atoms with Crippen molar-refractivity contribution in [1.29, 1.82) is 0 Å². The number of aromatic hydroxyl groups is 2. The predicted octanol–water partition coefficient (Wildman–Crippen LogP) is 0.970. The fourth-order valence-electron chi connectivity index (χ4n) is 2.16. The average molecular weight is 250 g/mol. The molecule has 0 bridgehead atoms. The molecule has 1 aromatic carbocycles. The van der Waals surface area contributed by atoms with Crippen molar-refractivity contribution >= 4 is 5.91 Å². The van der Waals surface area contributed by atoms with Crippen LogP contribution in [0.4, 0.5) is 0 Å². The number of phenols is 2. The molecule has 1 aliphatic rings. The zero-order valence-electron chi connectivity index (χ0n) is 10.1. The summed E-state index contributed by atoms with van der Waals surface area (Å²) < 4.78 is 0. The van der Waals surface area contributed by atoms with Crippen molar-refractivity contribution in [3.8, 4) is 11.5 Å². The molecule has 98 valence electrons. The highest BCUT2D eigenvalue weighted by Crippen LogP contribution is 2.26. The van der Waals surface area contributed by atoms with E-state index in [1.807, 2.05) is 0 Å². The Balaban J connectivity index is 2.07. The van der Waals surface area contributed by atoms with E-state index in [4.69, 9.17) is 0 Å². The molecule has 0 spiro atoms. The minimum atomic E-state index is -0.431. The Labute approximate surface area is 106 Å². The summed E-state index contributed by atoms with van der Waals surface area (Å²) in [4.78, 5) is 12.0. The van der Waals surface area contributed by atoms with Gasteiger partial charge in [-0.05, 0) is 31.5 Å². The Hall–Kier alpha value is -1.75. The summed E-state index contributed by atoms with van der Waals surface area (Å²) in [5.74, 6) is -0.831. The van der Waals surface area contributed by atoms with E-state index in [9.17, 15) is 15.0 Å². The normalized spacial score (nSPS) is 20.1. The Bertz CT molecular complexity index is 406. The zero-order chi connectivity index (χ0) is 13.0. The third kappa shape index (κ3) is 2.92. The Morgan fingerprint density at radius 2 is 2.00 bits per heavy atom. The number of carbonyl (C=O) groups is 1. The lowest BCUT2D eigenvalue weighted by Gasteiger charge is -2.17. The van der Waals surface area contributed by atoms with E-state index in [0.717, 1.165) is 32.4 Å². The van der Waals surface area contributed by atoms with Crippen LogP contribution in [0.5, 0.6) is 11.5 Å². The molecule has 0 aromatic heterocycles. The van der Waals surface area contributed by atoms with Crippen LogP contribution in [0.2, 0.25) is 0 Å². The molecule has 1 fully saturated rings. The molecule has 5 heteroatoms. The maximum absolute atomic E-state index is 12.0. The third-order valence-electron chi connectivity index (χ3n) is 3.13. The molecule has 2 rings (SSSR count). The topological polar surface area (TPSA) is 81.6 Å². The predicted molar refractivity (Wildman–Crippen MR) is 67.7 cm³/mol. The van der Waals surface area contributed by atoms with Crippen LogP contribution in [0.25, 0.3) is 0 Å². The van der Waals surface area contributed by atoms with Gasteiger partial charge in [-0.1, -0.05) is 12.5 Å². The monoisotopic (exact) mass is 250 g/mol. The highest BCUT2D eigenvalue weighted by molar-refractivity contribution is 5.99. The average Bonchev–Trinajstić information content (AvgIpc) is 2.57. The number of nitrogens with one attached hydrogen (secondary N) is 2. The van der Waals surface area contributed by atoms with E-state index in [-0.39, 0.29) is 23.1 Å². The molecule has 1 heterocycles. The van der Waals surface area contributed by atoms with Gasteiger partial charge in [0.15, 0.2) is 0 Å². The summed E-state index contributed by atoms with van der Waals surface area (Å²) in [6, 6.07) is 4.31. The van der Waals surface area contributed by atoms with Crippen LogP contribution < -0.4 is 10.6 Å². The smallest absolute Gasteiger partial charge is 0.259 e. The Kier molecular flexibility index (Phi) is 4.04. The van der Waals surface area contributed by atoms with Crippen LogP contribution in [-0.2, 0) is 0 Å². The first-order valence-corrected chi connectivity index (χ1v) is 6.21. The Morgan fingerprint density at radius 1 is 1.28 bits per heavy atom. The molecule has 5 nitrogen and oxygen atoms in total. The standard InChI is InChI=1S/C13H18N2O3/c16-10-5-3-6-11(17)12(10)13(18)15-9-4-1-2-7-14-8-9/h3,5-6,9,14,16-17H,1-2,4,7-8H2,(H,15,18). The van der Waals surface area contributed by atoms with Crippen molar-refractivity contribution in [3.05, 3.63) is 23.8 Å². The van der Waals surface area contributed by atoms with Crippen molar-refractivity contribution in [2.24, 2.45) is 0 Å². The molecule has 1 atom stereocenters. The number of phenolic OH excluding ortho intramolecular Hbond substituents is 2. The minimum Gasteiger partial charge on any atom is -0.507 e. The number of carbonyl (C=O) groups excluding carboxylic acids is 1. The molecular weight excluding hydrogens is 232 g/mol. The third-order valence-corrected chi connectivity index (χ3v) is 3.13. The summed E-state index contributed by atoms with van der Waals surface area (Å²) in [6.45, 7) is 1.69. The van der Waals surface area contributed by atoms with Crippen LogP contribution in [0, 0.1) is 0 Å². The molecular formula is C13H18N2O3. The molecule has 0 saturated carbocycles. The van der Waals surface area contributed by atoms with Gasteiger partial charge in [0.25, 0.3) is 5.91 Å². The molecule has 1 aliphatic heterocycles. The van der Waals surface area contributed by atoms with Gasteiger partial charge in [-0.25, -0.2) is 0 Å². The zero-order valence-corrected chi connectivity index (χ0v) is 10.1. The number of amides is 1. The number of hydrogen-bond acceptors (Lipinski definition) is 4. The number of rotatable bonds is 2. The van der Waals surface area contributed by atoms with Gasteiger partial charge in [-0.3, -0.25) is 4.79 Å². The van der Waals surface area contributed by atoms with E-state index < -0.39 is 5.91 Å². The summed E-state index contributed by atoms with van der Waals surface area (Å²) in [6.07, 6.45) is 3.08. The summed E-state index contributed by atoms with van der Waals surface area (Å²) in [5.41, 5.74) is -0.0539. The van der Waals surface area contributed by atoms with E-state index in [2.05, 4.69) is 10.6 Å². The lowest BCUT2D eigenvalue weighted by Crippen LogP contribution is -2.40. The number of benzene rings is 1. The SMILES string of the molecule is O=C(NC1CCCCNC1)c1c(O)cccc1O. The quantitative estimate of drug-likeness (QED) is 0.630. The lowest BCUT2D eigenvalue weighted by molar-refractivity contribution is 0.0930. The van der Waals surface area contributed by atoms with Crippen molar-refractivity contribution < 1.29 is 15.0 Å². The maximum atomic E-state index is 12.0. The van der Waals surface area contributed by atoms with Crippen LogP contribution >= 0.6 is 0 Å². The summed E-state index contributed by atoms with van der Waals surface area (Å²) in [5, 5.41) is 25.3. The van der Waals surface area contributed by atoms with E-state index >= 15 is 0 Å². The summed E-state index contributed by atoms with van der Waals surface area (Å²) >= 11 is 0. The number of hydrogen-bond donors (Lipinski definition) is 4. The lowest BCUT2D eigenvalue weighted by atomic mass is 10.1. The second-order valence-corrected chi connectivity index (χ2v) is 4.54. The first kappa shape index (κ1) is 12.7. The van der Waals surface area contributed by atoms with Crippen LogP contribution in [-0.4, -0.2) is 35.3 Å². The Morgan fingerprint density at radius 3 is 2.72 bits per heavy atom. The minimum absolute atomic E-state index is 0.0407. The maximum Gasteiger partial charge on any atom is 0.259 e. The largest absolute Gasteiger partial charge is 0.507 e. The molecule has 1 aromatic rings. The summed E-state index contributed by atoms with van der Waals surface area (Å²) in [7, 11) is 0. The highest BCUT2D eigenvalue weighted by Gasteiger charge is 2.20. The van der Waals surface area contributed by atoms with Crippen LogP contribution in [0.3, 0.4) is 0 Å². The van der Waals surface area contributed by atoms with Gasteiger partial charge in [0, 0.05) is 12.6 Å². The van der Waals surface area contributed by atoms with Crippen LogP contribution in [0.1, 0.15) is 29.6 Å². The van der Waals surface area contributed by atoms with Crippen molar-refractivity contribution in [2.75, 3.05) is 13.1 Å². The van der Waals surface area contributed by atoms with E-state index in [1.165, 1.54) is 18.2 Å². The second kappa shape index (κ2) is 5.73. The fraction of sp³-hybridized carbons (Fsp3) is 0.462. The van der Waals surface area contributed by atoms with Gasteiger partial charge in [0.2, 0.25) is 0 Å². The van der Waals surface area contributed by atoms with Gasteiger partial charge in [0.05, 0.1) is 0 Å². The van der Waals surface area contributed by atoms with Gasteiger partial charge in [-0.2, -0.15) is 0 Å². The van der Waals surface area contributed by atoms with Gasteiger partial charge in [-0.15, -0.1) is 0 Å². The molecule has 1 saturated heterocycles. The first-order valence-electron chi connectivity index (χ1n) is 6.21. The van der Waals surface area contributed by atoms with Crippen molar-refractivity contribution in [3.63, 3.8) is 0 Å². The van der Waals surface area contributed by atoms with Gasteiger partial charge in [0.1, 0.15) is 17.1 Å². The van der Waals surface area contributed by atoms with E-state index in [1.54, 1.807) is 0 Å². The molecule has 1 amide bonds. The highest BCUT2D eigenvalue weighted by atomic mass is 16.3. The molecule has 18 heavy (non-hydrogen) atoms. The van der Waals surface area contributed by atoms with E-state index in [0.29, 0.717) is 0 Å². The van der Waals surface area contributed by atoms with Crippen molar-refractivity contribution in [2.45, 2.75) is 25.3 Å². The van der Waals surface area contributed by atoms with Gasteiger partial charge < -0.3 is 20.8 Å². The fourth-order valence-corrected chi connectivity index (χ4v) is 2.16. The molecule has 1 unspecified atom stereocenters. The first-order chi connectivity index (χ1) is 8.68.